The molecule has 3 aromatic rings. The van der Waals surface area contributed by atoms with Gasteiger partial charge in [0.1, 0.15) is 11.5 Å². The zero-order chi connectivity index (χ0) is 18.5. The highest BCUT2D eigenvalue weighted by Crippen LogP contribution is 2.34. The Kier molecular flexibility index (Phi) is 3.67. The molecule has 1 unspecified atom stereocenters. The first-order valence-electron chi connectivity index (χ1n) is 9.63. The number of benzene rings is 1. The molecule has 27 heavy (non-hydrogen) atoms. The minimum Gasteiger partial charge on any atom is -0.354 e. The molecule has 1 fully saturated rings. The minimum atomic E-state index is -0.0553. The summed E-state index contributed by atoms with van der Waals surface area (Å²) < 4.78 is 0. The summed E-state index contributed by atoms with van der Waals surface area (Å²) in [6, 6.07) is 7.87. The average Bonchev–Trinajstić information content (AvgIpc) is 3.38. The number of aryl methyl sites for hydroxylation is 1. The highest BCUT2D eigenvalue weighted by atomic mass is 16.2. The number of amides is 1. The van der Waals surface area contributed by atoms with E-state index in [0.29, 0.717) is 18.7 Å². The number of fused-ring (bicyclic) bond motifs is 2. The van der Waals surface area contributed by atoms with E-state index in [1.165, 1.54) is 0 Å². The quantitative estimate of drug-likeness (QED) is 0.729. The third-order valence-electron chi connectivity index (χ3n) is 5.89. The predicted octanol–water partition coefficient (Wildman–Crippen LogP) is 3.70. The van der Waals surface area contributed by atoms with E-state index < -0.39 is 0 Å². The van der Waals surface area contributed by atoms with Crippen molar-refractivity contribution in [3.05, 3.63) is 52.6 Å². The lowest BCUT2D eigenvalue weighted by Gasteiger charge is -2.23. The lowest BCUT2D eigenvalue weighted by molar-refractivity contribution is 0.0724. The number of nitrogens with zero attached hydrogens (tertiary/aromatic N) is 2. The second-order valence-corrected chi connectivity index (χ2v) is 7.55. The molecule has 1 aliphatic carbocycles. The number of para-hydroxylation sites is 2. The van der Waals surface area contributed by atoms with Gasteiger partial charge in [-0.15, -0.1) is 0 Å². The Labute approximate surface area is 157 Å². The largest absolute Gasteiger partial charge is 0.354 e. The van der Waals surface area contributed by atoms with Gasteiger partial charge in [-0.05, 0) is 50.3 Å². The number of H-pyrrole nitrogens is 2. The Balaban J connectivity index is 1.50. The van der Waals surface area contributed by atoms with Gasteiger partial charge in [-0.3, -0.25) is 9.59 Å². The van der Waals surface area contributed by atoms with Crippen molar-refractivity contribution in [2.24, 2.45) is 0 Å². The monoisotopic (exact) mass is 362 g/mol. The first-order valence-corrected chi connectivity index (χ1v) is 9.63. The second kappa shape index (κ2) is 6.08. The van der Waals surface area contributed by atoms with Crippen molar-refractivity contribution >= 4 is 22.7 Å². The number of hydrogen-bond acceptors (Lipinski definition) is 3. The number of hydrogen-bond donors (Lipinski definition) is 2. The van der Waals surface area contributed by atoms with E-state index in [1.54, 1.807) is 0 Å². The summed E-state index contributed by atoms with van der Waals surface area (Å²) in [5.41, 5.74) is 4.94. The normalized spacial score (nSPS) is 19.7. The van der Waals surface area contributed by atoms with Gasteiger partial charge in [0.2, 0.25) is 0 Å². The molecule has 2 aliphatic rings. The molecule has 2 N–H and O–H groups in total. The van der Waals surface area contributed by atoms with E-state index in [2.05, 4.69) is 9.97 Å². The highest BCUT2D eigenvalue weighted by Gasteiger charge is 2.35. The summed E-state index contributed by atoms with van der Waals surface area (Å²) in [5.74, 6) is 0.962. The van der Waals surface area contributed by atoms with Crippen molar-refractivity contribution in [1.82, 2.24) is 19.9 Å². The average molecular weight is 362 g/mol. The summed E-state index contributed by atoms with van der Waals surface area (Å²) in [4.78, 5) is 38.9. The SMILES string of the molecule is Cc1c(C(=O)N2CCCC2c2nc3ccccc3[nH]2)[nH]c2c1C(=O)CCC2. The molecule has 0 saturated carbocycles. The Morgan fingerprint density at radius 3 is 2.85 bits per heavy atom. The topological polar surface area (TPSA) is 81.8 Å². The fourth-order valence-electron chi connectivity index (χ4n) is 4.56. The van der Waals surface area contributed by atoms with Crippen LogP contribution in [0.1, 0.15) is 69.7 Å². The first-order chi connectivity index (χ1) is 13.1. The third-order valence-corrected chi connectivity index (χ3v) is 5.89. The van der Waals surface area contributed by atoms with Gasteiger partial charge in [0.25, 0.3) is 5.91 Å². The standard InChI is InChI=1S/C21H22N4O2/c1-12-18-15(8-4-10-17(18)26)22-19(12)21(27)25-11-5-9-16(25)20-23-13-6-2-3-7-14(13)24-20/h2-3,6-7,16,22H,4-5,8-11H2,1H3,(H,23,24). The van der Waals surface area contributed by atoms with E-state index in [4.69, 9.17) is 4.98 Å². The van der Waals surface area contributed by atoms with E-state index in [-0.39, 0.29) is 17.7 Å². The summed E-state index contributed by atoms with van der Waals surface area (Å²) >= 11 is 0. The van der Waals surface area contributed by atoms with Crippen LogP contribution in [0.15, 0.2) is 24.3 Å². The lowest BCUT2D eigenvalue weighted by atomic mass is 9.93. The molecule has 5 rings (SSSR count). The van der Waals surface area contributed by atoms with Crippen LogP contribution < -0.4 is 0 Å². The number of aromatic nitrogens is 3. The van der Waals surface area contributed by atoms with E-state index in [1.807, 2.05) is 36.1 Å². The number of carbonyl (C=O) groups is 2. The van der Waals surface area contributed by atoms with Crippen LogP contribution in [0.5, 0.6) is 0 Å². The lowest BCUT2D eigenvalue weighted by Crippen LogP contribution is -2.31. The van der Waals surface area contributed by atoms with Gasteiger partial charge < -0.3 is 14.9 Å². The van der Waals surface area contributed by atoms with Gasteiger partial charge in [0, 0.05) is 24.2 Å². The van der Waals surface area contributed by atoms with E-state index in [9.17, 15) is 9.59 Å². The number of ketones is 1. The molecule has 1 aromatic carbocycles. The number of likely N-dealkylation sites (tertiary alicyclic amines) is 1. The molecule has 1 atom stereocenters. The summed E-state index contributed by atoms with van der Waals surface area (Å²) in [5, 5.41) is 0. The van der Waals surface area contributed by atoms with Crippen LogP contribution in [0.2, 0.25) is 0 Å². The fourth-order valence-corrected chi connectivity index (χ4v) is 4.56. The van der Waals surface area contributed by atoms with Gasteiger partial charge in [-0.25, -0.2) is 4.98 Å². The molecule has 1 amide bonds. The molecule has 138 valence electrons. The molecule has 6 nitrogen and oxygen atoms in total. The van der Waals surface area contributed by atoms with Crippen LogP contribution >= 0.6 is 0 Å². The molecule has 3 heterocycles. The molecule has 6 heteroatoms. The van der Waals surface area contributed by atoms with Crippen LogP contribution in [0.4, 0.5) is 0 Å². The Bertz CT molecular complexity index is 1030. The maximum Gasteiger partial charge on any atom is 0.271 e. The molecule has 0 spiro atoms. The van der Waals surface area contributed by atoms with Crippen molar-refractivity contribution in [2.75, 3.05) is 6.54 Å². The smallest absolute Gasteiger partial charge is 0.271 e. The van der Waals surface area contributed by atoms with Crippen molar-refractivity contribution in [2.45, 2.75) is 45.1 Å². The van der Waals surface area contributed by atoms with Crippen molar-refractivity contribution in [1.29, 1.82) is 0 Å². The minimum absolute atomic E-state index is 0.0299. The van der Waals surface area contributed by atoms with Crippen LogP contribution in [0, 0.1) is 6.92 Å². The Morgan fingerprint density at radius 1 is 1.19 bits per heavy atom. The van der Waals surface area contributed by atoms with Gasteiger partial charge in [-0.2, -0.15) is 0 Å². The molecule has 1 aliphatic heterocycles. The Hall–Kier alpha value is -2.89. The summed E-state index contributed by atoms with van der Waals surface area (Å²) in [6.45, 7) is 2.59. The van der Waals surface area contributed by atoms with E-state index in [0.717, 1.165) is 59.4 Å². The summed E-state index contributed by atoms with van der Waals surface area (Å²) in [6.07, 6.45) is 4.10. The second-order valence-electron chi connectivity index (χ2n) is 7.55. The van der Waals surface area contributed by atoms with Gasteiger partial charge in [-0.1, -0.05) is 12.1 Å². The van der Waals surface area contributed by atoms with Crippen molar-refractivity contribution < 1.29 is 9.59 Å². The number of imidazole rings is 1. The van der Waals surface area contributed by atoms with Crippen molar-refractivity contribution in [3.8, 4) is 0 Å². The highest BCUT2D eigenvalue weighted by molar-refractivity contribution is 6.04. The van der Waals surface area contributed by atoms with Crippen LogP contribution in [0.3, 0.4) is 0 Å². The van der Waals surface area contributed by atoms with Crippen LogP contribution in [-0.2, 0) is 6.42 Å². The molecular formula is C21H22N4O2. The van der Waals surface area contributed by atoms with Gasteiger partial charge >= 0.3 is 0 Å². The zero-order valence-electron chi connectivity index (χ0n) is 15.3. The Morgan fingerprint density at radius 2 is 2.04 bits per heavy atom. The van der Waals surface area contributed by atoms with Crippen LogP contribution in [0.25, 0.3) is 11.0 Å². The number of carbonyl (C=O) groups excluding carboxylic acids is 2. The third kappa shape index (κ3) is 2.51. The number of aromatic amines is 2. The van der Waals surface area contributed by atoms with Gasteiger partial charge in [0.05, 0.1) is 17.1 Å². The maximum absolute atomic E-state index is 13.3. The van der Waals surface area contributed by atoms with Gasteiger partial charge in [0.15, 0.2) is 5.78 Å². The molecule has 0 radical (unpaired) electrons. The fraction of sp³-hybridized carbons (Fsp3) is 0.381. The number of Topliss-reactive ketones (excluding diaryl/α,β-unsaturated/α-hetero) is 1. The molecular weight excluding hydrogens is 340 g/mol. The number of nitrogens with one attached hydrogen (secondary N) is 2. The van der Waals surface area contributed by atoms with Crippen molar-refractivity contribution in [3.63, 3.8) is 0 Å². The zero-order valence-corrected chi connectivity index (χ0v) is 15.3. The predicted molar refractivity (Wildman–Crippen MR) is 102 cm³/mol. The molecule has 1 saturated heterocycles. The number of rotatable bonds is 2. The summed E-state index contributed by atoms with van der Waals surface area (Å²) in [7, 11) is 0. The van der Waals surface area contributed by atoms with E-state index >= 15 is 0 Å². The first kappa shape index (κ1) is 16.3. The van der Waals surface area contributed by atoms with Crippen LogP contribution in [-0.4, -0.2) is 38.1 Å². The molecule has 2 aromatic heterocycles. The maximum atomic E-state index is 13.3. The molecule has 0 bridgehead atoms.